The predicted molar refractivity (Wildman–Crippen MR) is 104 cm³/mol. The number of nitrogens with zero attached hydrogens (tertiary/aromatic N) is 2. The van der Waals surface area contributed by atoms with Crippen LogP contribution in [-0.4, -0.2) is 42.0 Å². The van der Waals surface area contributed by atoms with Crippen LogP contribution < -0.4 is 20.4 Å². The summed E-state index contributed by atoms with van der Waals surface area (Å²) < 4.78 is 51.3. The van der Waals surface area contributed by atoms with E-state index in [0.717, 1.165) is 12.7 Å². The third-order valence-electron chi connectivity index (χ3n) is 5.66. The third-order valence-corrected chi connectivity index (χ3v) is 5.66. The average molecular weight is 425 g/mol. The first-order valence-corrected chi connectivity index (χ1v) is 9.95. The van der Waals surface area contributed by atoms with Crippen molar-refractivity contribution in [2.45, 2.75) is 32.2 Å². The molecule has 162 valence electrons. The van der Waals surface area contributed by atoms with E-state index in [0.29, 0.717) is 38.9 Å². The van der Waals surface area contributed by atoms with Gasteiger partial charge in [-0.2, -0.15) is 0 Å². The highest BCUT2D eigenvalue weighted by Crippen LogP contribution is 2.41. The molecular formula is C20H22F3N3O4. The van der Waals surface area contributed by atoms with Crippen LogP contribution in [0.2, 0.25) is 0 Å². The predicted octanol–water partition coefficient (Wildman–Crippen LogP) is 3.25. The quantitative estimate of drug-likeness (QED) is 0.546. The Morgan fingerprint density at radius 1 is 1.23 bits per heavy atom. The molecule has 1 aromatic carbocycles. The van der Waals surface area contributed by atoms with Gasteiger partial charge in [-0.05, 0) is 38.3 Å². The molecule has 0 bridgehead atoms. The number of rotatable bonds is 6. The van der Waals surface area contributed by atoms with E-state index in [1.165, 1.54) is 9.47 Å². The summed E-state index contributed by atoms with van der Waals surface area (Å²) in [7, 11) is 0. The molecule has 2 N–H and O–H groups in total. The number of halogens is 3. The molecule has 0 amide bonds. The largest absolute Gasteiger partial charge is 0.511 e. The van der Waals surface area contributed by atoms with E-state index in [4.69, 9.17) is 5.11 Å². The molecule has 2 heterocycles. The van der Waals surface area contributed by atoms with Gasteiger partial charge in [-0.3, -0.25) is 4.79 Å². The van der Waals surface area contributed by atoms with Crippen molar-refractivity contribution in [3.05, 3.63) is 33.9 Å². The van der Waals surface area contributed by atoms with Gasteiger partial charge in [-0.1, -0.05) is 6.92 Å². The van der Waals surface area contributed by atoms with Gasteiger partial charge in [0.05, 0.1) is 17.1 Å². The van der Waals surface area contributed by atoms with Crippen LogP contribution in [-0.2, 0) is 0 Å². The fourth-order valence-corrected chi connectivity index (χ4v) is 4.09. The highest BCUT2D eigenvalue weighted by molar-refractivity contribution is 5.86. The minimum Gasteiger partial charge on any atom is -0.449 e. The lowest BCUT2D eigenvalue weighted by molar-refractivity contribution is 0.143. The molecule has 0 radical (unpaired) electrons. The molecular weight excluding hydrogens is 403 g/mol. The van der Waals surface area contributed by atoms with Crippen LogP contribution in [0.5, 0.6) is 5.75 Å². The molecule has 10 heteroatoms. The van der Waals surface area contributed by atoms with Gasteiger partial charge in [0.2, 0.25) is 5.43 Å². The number of anilines is 1. The number of hydrogen-bond acceptors (Lipinski definition) is 5. The summed E-state index contributed by atoms with van der Waals surface area (Å²) in [5.74, 6) is -4.47. The summed E-state index contributed by atoms with van der Waals surface area (Å²) >= 11 is 0. The molecule has 1 atom stereocenters. The fourth-order valence-electron chi connectivity index (χ4n) is 4.09. The number of carboxylic acid groups (broad SMARTS) is 1. The fraction of sp³-hybridized carbons (Fsp3) is 0.500. The highest BCUT2D eigenvalue weighted by Gasteiger charge is 2.35. The maximum atomic E-state index is 15.6. The van der Waals surface area contributed by atoms with E-state index in [1.54, 1.807) is 0 Å². The van der Waals surface area contributed by atoms with Crippen molar-refractivity contribution in [3.63, 3.8) is 0 Å². The standard InChI is InChI=1S/C20H22F3N3O4/c1-2-24-7-10-5-6-25(8-10)18-15(22)14(21)13-17(16(18)23)26(11-3-4-11)9-12(19(13)27)30-20(28)29/h9-11,24H,2-8H2,1H3,(H,28,29). The lowest BCUT2D eigenvalue weighted by atomic mass is 10.1. The number of nitrogens with one attached hydrogen (secondary N) is 1. The van der Waals surface area contributed by atoms with Crippen LogP contribution in [0.3, 0.4) is 0 Å². The Labute approximate surface area is 170 Å². The van der Waals surface area contributed by atoms with E-state index >= 15 is 8.78 Å². The van der Waals surface area contributed by atoms with E-state index in [-0.39, 0.29) is 17.5 Å². The average Bonchev–Trinajstić information content (AvgIpc) is 3.44. The first-order valence-electron chi connectivity index (χ1n) is 9.95. The molecule has 1 aromatic heterocycles. The van der Waals surface area contributed by atoms with Crippen molar-refractivity contribution < 1.29 is 27.8 Å². The van der Waals surface area contributed by atoms with Crippen LogP contribution in [0.4, 0.5) is 23.7 Å². The first kappa shape index (κ1) is 20.5. The van der Waals surface area contributed by atoms with Gasteiger partial charge in [0.15, 0.2) is 23.2 Å². The molecule has 1 saturated carbocycles. The zero-order valence-corrected chi connectivity index (χ0v) is 16.4. The van der Waals surface area contributed by atoms with Gasteiger partial charge in [0.25, 0.3) is 0 Å². The molecule has 2 aliphatic rings. The second kappa shape index (κ2) is 7.82. The van der Waals surface area contributed by atoms with E-state index in [1.807, 2.05) is 6.92 Å². The zero-order chi connectivity index (χ0) is 21.6. The number of pyridine rings is 1. The van der Waals surface area contributed by atoms with Gasteiger partial charge in [0.1, 0.15) is 5.69 Å². The van der Waals surface area contributed by atoms with Crippen LogP contribution >= 0.6 is 0 Å². The third kappa shape index (κ3) is 3.49. The number of aromatic nitrogens is 1. The normalized spacial score (nSPS) is 18.9. The lowest BCUT2D eigenvalue weighted by Gasteiger charge is -2.23. The summed E-state index contributed by atoms with van der Waals surface area (Å²) in [6.45, 7) is 4.15. The smallest absolute Gasteiger partial charge is 0.449 e. The Hall–Kier alpha value is -2.75. The summed E-state index contributed by atoms with van der Waals surface area (Å²) in [4.78, 5) is 24.9. The van der Waals surface area contributed by atoms with E-state index in [9.17, 15) is 14.0 Å². The number of fused-ring (bicyclic) bond motifs is 1. The van der Waals surface area contributed by atoms with Gasteiger partial charge in [-0.15, -0.1) is 0 Å². The maximum absolute atomic E-state index is 15.6. The number of hydrogen-bond donors (Lipinski definition) is 2. The molecule has 2 fully saturated rings. The van der Waals surface area contributed by atoms with Crippen molar-refractivity contribution >= 4 is 22.7 Å². The van der Waals surface area contributed by atoms with Crippen molar-refractivity contribution in [2.75, 3.05) is 31.1 Å². The Kier molecular flexibility index (Phi) is 5.35. The monoisotopic (exact) mass is 425 g/mol. The molecule has 2 aromatic rings. The highest BCUT2D eigenvalue weighted by atomic mass is 19.2. The number of ether oxygens (including phenoxy) is 1. The first-order chi connectivity index (χ1) is 14.3. The molecule has 1 aliphatic carbocycles. The minimum atomic E-state index is -1.77. The molecule has 4 rings (SSSR count). The Morgan fingerprint density at radius 2 is 1.97 bits per heavy atom. The Bertz CT molecular complexity index is 1070. The summed E-state index contributed by atoms with van der Waals surface area (Å²) in [5, 5.41) is 11.2. The number of carbonyl (C=O) groups is 1. The van der Waals surface area contributed by atoms with Crippen molar-refractivity contribution in [3.8, 4) is 5.75 Å². The second-order valence-electron chi connectivity index (χ2n) is 7.75. The zero-order valence-electron chi connectivity index (χ0n) is 16.4. The van der Waals surface area contributed by atoms with Crippen LogP contribution in [0.1, 0.15) is 32.2 Å². The molecule has 7 nitrogen and oxygen atoms in total. The molecule has 30 heavy (non-hydrogen) atoms. The summed E-state index contributed by atoms with van der Waals surface area (Å²) in [5.41, 5.74) is -2.04. The second-order valence-corrected chi connectivity index (χ2v) is 7.75. The maximum Gasteiger partial charge on any atom is 0.511 e. The molecule has 1 aliphatic heterocycles. The van der Waals surface area contributed by atoms with E-state index < -0.39 is 45.9 Å². The van der Waals surface area contributed by atoms with Crippen molar-refractivity contribution in [2.24, 2.45) is 5.92 Å². The SMILES string of the molecule is CCNCC1CCN(c2c(F)c(F)c3c(=O)c(OC(=O)O)cn(C4CC4)c3c2F)C1. The van der Waals surface area contributed by atoms with Gasteiger partial charge in [-0.25, -0.2) is 18.0 Å². The Morgan fingerprint density at radius 3 is 2.60 bits per heavy atom. The lowest BCUT2D eigenvalue weighted by Crippen LogP contribution is -2.28. The topological polar surface area (TPSA) is 83.8 Å². The molecule has 1 unspecified atom stereocenters. The summed E-state index contributed by atoms with van der Waals surface area (Å²) in [6, 6.07) is -0.239. The van der Waals surface area contributed by atoms with Crippen LogP contribution in [0.15, 0.2) is 11.0 Å². The van der Waals surface area contributed by atoms with Gasteiger partial charge < -0.3 is 24.6 Å². The van der Waals surface area contributed by atoms with Gasteiger partial charge in [0, 0.05) is 19.1 Å². The van der Waals surface area contributed by atoms with E-state index in [2.05, 4.69) is 10.1 Å². The van der Waals surface area contributed by atoms with Crippen LogP contribution in [0.25, 0.3) is 10.9 Å². The van der Waals surface area contributed by atoms with Crippen molar-refractivity contribution in [1.29, 1.82) is 0 Å². The summed E-state index contributed by atoms with van der Waals surface area (Å²) in [6.07, 6.45) is 1.29. The van der Waals surface area contributed by atoms with Crippen LogP contribution in [0, 0.1) is 23.4 Å². The molecule has 1 saturated heterocycles. The van der Waals surface area contributed by atoms with Crippen molar-refractivity contribution in [1.82, 2.24) is 9.88 Å². The molecule has 0 spiro atoms. The van der Waals surface area contributed by atoms with Gasteiger partial charge >= 0.3 is 6.16 Å². The minimum absolute atomic E-state index is 0.166. The Balaban J connectivity index is 1.88. The number of benzene rings is 1.